The minimum Gasteiger partial charge on any atom is -0.390 e. The molecule has 1 aliphatic rings. The number of hydrogen-bond acceptors (Lipinski definition) is 1. The molecule has 1 rings (SSSR count). The summed E-state index contributed by atoms with van der Waals surface area (Å²) in [6.45, 7) is 2.05. The summed E-state index contributed by atoms with van der Waals surface area (Å²) >= 11 is 0. The number of aliphatic hydroxyl groups excluding tert-OH is 1. The van der Waals surface area contributed by atoms with Crippen molar-refractivity contribution in [2.45, 2.75) is 38.5 Å². The Kier molecular flexibility index (Phi) is 2.06. The van der Waals surface area contributed by atoms with Crippen molar-refractivity contribution in [3.05, 3.63) is 0 Å². The summed E-state index contributed by atoms with van der Waals surface area (Å²) in [4.78, 5) is 0. The van der Waals surface area contributed by atoms with Gasteiger partial charge < -0.3 is 5.11 Å². The molecule has 1 aliphatic carbocycles. The van der Waals surface area contributed by atoms with Crippen molar-refractivity contribution in [1.29, 1.82) is 0 Å². The molecule has 0 amide bonds. The van der Waals surface area contributed by atoms with Gasteiger partial charge in [-0.25, -0.2) is 4.39 Å². The van der Waals surface area contributed by atoms with Crippen LogP contribution in [0.3, 0.4) is 0 Å². The molecule has 9 heavy (non-hydrogen) atoms. The van der Waals surface area contributed by atoms with Gasteiger partial charge in [-0.3, -0.25) is 0 Å². The van der Waals surface area contributed by atoms with Crippen LogP contribution in [-0.4, -0.2) is 17.4 Å². The van der Waals surface area contributed by atoms with E-state index in [1.165, 1.54) is 0 Å². The third-order valence-electron chi connectivity index (χ3n) is 2.00. The van der Waals surface area contributed by atoms with Crippen LogP contribution in [0.25, 0.3) is 0 Å². The molecule has 1 fully saturated rings. The molecule has 0 aromatic heterocycles. The number of halogens is 1. The van der Waals surface area contributed by atoms with E-state index in [0.717, 1.165) is 6.42 Å². The van der Waals surface area contributed by atoms with Crippen LogP contribution in [0.4, 0.5) is 4.39 Å². The maximum atomic E-state index is 12.5. The Morgan fingerprint density at radius 2 is 2.11 bits per heavy atom. The fraction of sp³-hybridized carbons (Fsp3) is 1.00. The van der Waals surface area contributed by atoms with Crippen molar-refractivity contribution in [1.82, 2.24) is 0 Å². The van der Waals surface area contributed by atoms with Crippen molar-refractivity contribution < 1.29 is 9.50 Å². The Morgan fingerprint density at radius 3 is 2.56 bits per heavy atom. The van der Waals surface area contributed by atoms with Crippen LogP contribution < -0.4 is 0 Å². The molecule has 0 radical (unpaired) electrons. The molecule has 2 heteroatoms. The van der Waals surface area contributed by atoms with E-state index >= 15 is 0 Å². The van der Waals surface area contributed by atoms with Gasteiger partial charge in [0, 0.05) is 0 Å². The van der Waals surface area contributed by atoms with Gasteiger partial charge in [0.1, 0.15) is 6.17 Å². The first-order chi connectivity index (χ1) is 4.20. The quantitative estimate of drug-likeness (QED) is 0.529. The highest BCUT2D eigenvalue weighted by atomic mass is 19.1. The lowest BCUT2D eigenvalue weighted by molar-refractivity contribution is 0.0261. The maximum Gasteiger partial charge on any atom is 0.126 e. The predicted octanol–water partition coefficient (Wildman–Crippen LogP) is 1.51. The van der Waals surface area contributed by atoms with Crippen LogP contribution in [0.5, 0.6) is 0 Å². The van der Waals surface area contributed by atoms with E-state index in [-0.39, 0.29) is 0 Å². The minimum atomic E-state index is -0.957. The Labute approximate surface area is 54.9 Å². The fourth-order valence-corrected chi connectivity index (χ4v) is 1.31. The zero-order valence-corrected chi connectivity index (χ0v) is 5.68. The second-order valence-corrected chi connectivity index (χ2v) is 3.00. The first kappa shape index (κ1) is 7.00. The lowest BCUT2D eigenvalue weighted by Gasteiger charge is -2.25. The molecular formula is C7H13FO. The number of hydrogen-bond donors (Lipinski definition) is 1. The molecule has 1 saturated carbocycles. The van der Waals surface area contributed by atoms with E-state index in [2.05, 4.69) is 6.92 Å². The molecule has 0 spiro atoms. The molecule has 0 aliphatic heterocycles. The topological polar surface area (TPSA) is 20.2 Å². The first-order valence-corrected chi connectivity index (χ1v) is 3.52. The van der Waals surface area contributed by atoms with Gasteiger partial charge in [0.25, 0.3) is 0 Å². The smallest absolute Gasteiger partial charge is 0.126 e. The van der Waals surface area contributed by atoms with Gasteiger partial charge in [-0.2, -0.15) is 0 Å². The molecular weight excluding hydrogens is 119 g/mol. The van der Waals surface area contributed by atoms with Gasteiger partial charge in [-0.15, -0.1) is 0 Å². The normalized spacial score (nSPS) is 45.0. The number of aliphatic hydroxyl groups is 1. The van der Waals surface area contributed by atoms with Crippen LogP contribution in [0, 0.1) is 5.92 Å². The molecule has 1 unspecified atom stereocenters. The van der Waals surface area contributed by atoms with Gasteiger partial charge in [0.15, 0.2) is 0 Å². The van der Waals surface area contributed by atoms with Crippen molar-refractivity contribution in [3.8, 4) is 0 Å². The van der Waals surface area contributed by atoms with Crippen LogP contribution >= 0.6 is 0 Å². The molecule has 3 atom stereocenters. The standard InChI is InChI=1S/C7H13FO/c1-5-2-3-6(8)7(9)4-5/h5-7,9H,2-4H2,1H3/t5-,6?,7-/m1/s1. The molecule has 1 nitrogen and oxygen atoms in total. The van der Waals surface area contributed by atoms with Crippen LogP contribution in [0.2, 0.25) is 0 Å². The highest BCUT2D eigenvalue weighted by Gasteiger charge is 2.25. The molecule has 0 aromatic carbocycles. The second kappa shape index (κ2) is 2.65. The van der Waals surface area contributed by atoms with Crippen LogP contribution in [0.15, 0.2) is 0 Å². The minimum absolute atomic E-state index is 0.506. The zero-order chi connectivity index (χ0) is 6.85. The number of alkyl halides is 1. The lowest BCUT2D eigenvalue weighted by Crippen LogP contribution is -2.29. The van der Waals surface area contributed by atoms with Crippen molar-refractivity contribution in [2.75, 3.05) is 0 Å². The van der Waals surface area contributed by atoms with Crippen molar-refractivity contribution in [3.63, 3.8) is 0 Å². The second-order valence-electron chi connectivity index (χ2n) is 3.00. The van der Waals surface area contributed by atoms with Crippen molar-refractivity contribution in [2.24, 2.45) is 5.92 Å². The zero-order valence-electron chi connectivity index (χ0n) is 5.68. The fourth-order valence-electron chi connectivity index (χ4n) is 1.31. The van der Waals surface area contributed by atoms with E-state index in [1.54, 1.807) is 0 Å². The predicted molar refractivity (Wildman–Crippen MR) is 33.9 cm³/mol. The van der Waals surface area contributed by atoms with E-state index in [0.29, 0.717) is 18.8 Å². The SMILES string of the molecule is C[C@@H]1CCC(F)[C@H](O)C1. The Bertz CT molecular complexity index is 94.9. The van der Waals surface area contributed by atoms with Gasteiger partial charge in [-0.05, 0) is 25.2 Å². The first-order valence-electron chi connectivity index (χ1n) is 3.52. The third kappa shape index (κ3) is 1.65. The van der Waals surface area contributed by atoms with Crippen LogP contribution in [0.1, 0.15) is 26.2 Å². The van der Waals surface area contributed by atoms with Crippen molar-refractivity contribution >= 4 is 0 Å². The van der Waals surface area contributed by atoms with E-state index in [9.17, 15) is 4.39 Å². The average molecular weight is 132 g/mol. The summed E-state index contributed by atoms with van der Waals surface area (Å²) < 4.78 is 12.5. The maximum absolute atomic E-state index is 12.5. The molecule has 1 N–H and O–H groups in total. The van der Waals surface area contributed by atoms with Gasteiger partial charge >= 0.3 is 0 Å². The van der Waals surface area contributed by atoms with Gasteiger partial charge in [0.2, 0.25) is 0 Å². The summed E-state index contributed by atoms with van der Waals surface area (Å²) in [7, 11) is 0. The highest BCUT2D eigenvalue weighted by molar-refractivity contribution is 4.76. The van der Waals surface area contributed by atoms with Crippen LogP contribution in [-0.2, 0) is 0 Å². The largest absolute Gasteiger partial charge is 0.390 e. The summed E-state index contributed by atoms with van der Waals surface area (Å²) in [5.74, 6) is 0.506. The highest BCUT2D eigenvalue weighted by Crippen LogP contribution is 2.25. The summed E-state index contributed by atoms with van der Waals surface area (Å²) in [6, 6.07) is 0. The molecule has 0 bridgehead atoms. The van der Waals surface area contributed by atoms with Gasteiger partial charge in [-0.1, -0.05) is 6.92 Å². The average Bonchev–Trinajstić information content (AvgIpc) is 1.80. The van der Waals surface area contributed by atoms with E-state index in [1.807, 2.05) is 0 Å². The lowest BCUT2D eigenvalue weighted by atomic mass is 9.88. The summed E-state index contributed by atoms with van der Waals surface area (Å²) in [6.07, 6.45) is 0.469. The molecule has 54 valence electrons. The molecule has 0 aromatic rings. The third-order valence-corrected chi connectivity index (χ3v) is 2.00. The Hall–Kier alpha value is -0.110. The summed E-state index contributed by atoms with van der Waals surface area (Å²) in [5.41, 5.74) is 0. The Morgan fingerprint density at radius 1 is 1.44 bits per heavy atom. The summed E-state index contributed by atoms with van der Waals surface area (Å²) in [5, 5.41) is 8.97. The monoisotopic (exact) mass is 132 g/mol. The number of rotatable bonds is 0. The molecule has 0 heterocycles. The Balaban J connectivity index is 2.35. The molecule has 0 saturated heterocycles. The van der Waals surface area contributed by atoms with E-state index < -0.39 is 12.3 Å². The van der Waals surface area contributed by atoms with E-state index in [4.69, 9.17) is 5.11 Å². The van der Waals surface area contributed by atoms with Gasteiger partial charge in [0.05, 0.1) is 6.10 Å².